The van der Waals surface area contributed by atoms with Crippen molar-refractivity contribution in [3.8, 4) is 11.5 Å². The number of carbonyl (C=O) groups excluding carboxylic acids is 2. The van der Waals surface area contributed by atoms with Crippen molar-refractivity contribution in [2.24, 2.45) is 0 Å². The minimum atomic E-state index is -3.77. The lowest BCUT2D eigenvalue weighted by atomic mass is 10.2. The number of fused-ring (bicyclic) bond motifs is 1. The first kappa shape index (κ1) is 21.1. The summed E-state index contributed by atoms with van der Waals surface area (Å²) in [6, 6.07) is 11.0. The molecule has 31 heavy (non-hydrogen) atoms. The average Bonchev–Trinajstić information content (AvgIpc) is 2.79. The van der Waals surface area contributed by atoms with Crippen LogP contribution in [0.15, 0.2) is 47.4 Å². The van der Waals surface area contributed by atoms with E-state index in [-0.39, 0.29) is 29.5 Å². The van der Waals surface area contributed by atoms with Gasteiger partial charge in [0, 0.05) is 50.4 Å². The number of rotatable bonds is 4. The molecule has 0 unspecified atom stereocenters. The number of ether oxygens (including phenoxy) is 2. The minimum Gasteiger partial charge on any atom is -0.486 e. The van der Waals surface area contributed by atoms with E-state index in [2.05, 4.69) is 5.32 Å². The van der Waals surface area contributed by atoms with Gasteiger partial charge in [-0.05, 0) is 30.3 Å². The number of nitrogens with zero attached hydrogens (tertiary/aromatic N) is 2. The molecule has 2 amide bonds. The highest BCUT2D eigenvalue weighted by atomic mass is 32.2. The zero-order valence-electron chi connectivity index (χ0n) is 17.0. The summed E-state index contributed by atoms with van der Waals surface area (Å²) in [6.07, 6.45) is 0. The molecule has 2 heterocycles. The molecular weight excluding hydrogens is 422 g/mol. The third-order valence-corrected chi connectivity index (χ3v) is 7.11. The maximum atomic E-state index is 13.0. The van der Waals surface area contributed by atoms with Crippen LogP contribution in [0.3, 0.4) is 0 Å². The predicted molar refractivity (Wildman–Crippen MR) is 113 cm³/mol. The Balaban J connectivity index is 1.49. The van der Waals surface area contributed by atoms with Gasteiger partial charge in [0.15, 0.2) is 11.5 Å². The van der Waals surface area contributed by atoms with E-state index in [4.69, 9.17) is 9.47 Å². The molecule has 0 saturated carbocycles. The normalized spacial score (nSPS) is 16.6. The molecule has 1 N–H and O–H groups in total. The molecule has 0 atom stereocenters. The van der Waals surface area contributed by atoms with Gasteiger partial charge in [0.1, 0.15) is 13.2 Å². The molecule has 2 aromatic carbocycles. The van der Waals surface area contributed by atoms with Crippen LogP contribution >= 0.6 is 0 Å². The number of hydrogen-bond donors (Lipinski definition) is 1. The van der Waals surface area contributed by atoms with Gasteiger partial charge in [-0.1, -0.05) is 6.07 Å². The Morgan fingerprint density at radius 2 is 1.65 bits per heavy atom. The smallest absolute Gasteiger partial charge is 0.255 e. The standard InChI is InChI=1S/C21H23N3O6S/c1-15(25)23-7-9-24(10-8-23)31(27,28)18-4-2-3-16(13-18)21(26)22-17-5-6-19-20(14-17)30-12-11-29-19/h2-6,13-14H,7-12H2,1H3,(H,22,26). The second-order valence-electron chi connectivity index (χ2n) is 7.25. The van der Waals surface area contributed by atoms with Gasteiger partial charge in [-0.2, -0.15) is 4.31 Å². The number of piperazine rings is 1. The quantitative estimate of drug-likeness (QED) is 0.766. The monoisotopic (exact) mass is 445 g/mol. The summed E-state index contributed by atoms with van der Waals surface area (Å²) < 4.78 is 38.4. The Morgan fingerprint density at radius 3 is 2.35 bits per heavy atom. The fourth-order valence-electron chi connectivity index (χ4n) is 3.51. The van der Waals surface area contributed by atoms with Crippen LogP contribution in [-0.4, -0.2) is 68.8 Å². The zero-order chi connectivity index (χ0) is 22.0. The van der Waals surface area contributed by atoms with Gasteiger partial charge in [0.05, 0.1) is 4.90 Å². The fraction of sp³-hybridized carbons (Fsp3) is 0.333. The molecule has 2 aromatic rings. The molecule has 0 radical (unpaired) electrons. The van der Waals surface area contributed by atoms with E-state index in [0.29, 0.717) is 43.5 Å². The molecular formula is C21H23N3O6S. The van der Waals surface area contributed by atoms with Crippen LogP contribution in [0.2, 0.25) is 0 Å². The first-order chi connectivity index (χ1) is 14.8. The minimum absolute atomic E-state index is 0.0404. The van der Waals surface area contributed by atoms with Crippen molar-refractivity contribution in [1.82, 2.24) is 9.21 Å². The maximum absolute atomic E-state index is 13.0. The lowest BCUT2D eigenvalue weighted by Gasteiger charge is -2.33. The number of hydrogen-bond acceptors (Lipinski definition) is 6. The van der Waals surface area contributed by atoms with Gasteiger partial charge < -0.3 is 19.7 Å². The summed E-state index contributed by atoms with van der Waals surface area (Å²) in [5, 5.41) is 2.76. The van der Waals surface area contributed by atoms with Crippen molar-refractivity contribution in [3.63, 3.8) is 0 Å². The van der Waals surface area contributed by atoms with Crippen molar-refractivity contribution in [2.45, 2.75) is 11.8 Å². The molecule has 1 saturated heterocycles. The van der Waals surface area contributed by atoms with Crippen LogP contribution in [0, 0.1) is 0 Å². The van der Waals surface area contributed by atoms with Gasteiger partial charge in [-0.25, -0.2) is 8.42 Å². The topological polar surface area (TPSA) is 105 Å². The van der Waals surface area contributed by atoms with Crippen LogP contribution < -0.4 is 14.8 Å². The van der Waals surface area contributed by atoms with Crippen LogP contribution in [0.5, 0.6) is 11.5 Å². The SMILES string of the molecule is CC(=O)N1CCN(S(=O)(=O)c2cccc(C(=O)Nc3ccc4c(c3)OCCO4)c2)CC1. The van der Waals surface area contributed by atoms with E-state index < -0.39 is 15.9 Å². The summed E-state index contributed by atoms with van der Waals surface area (Å²) in [6.45, 7) is 3.51. The Morgan fingerprint density at radius 1 is 0.935 bits per heavy atom. The third-order valence-electron chi connectivity index (χ3n) is 5.22. The van der Waals surface area contributed by atoms with Crippen molar-refractivity contribution in [1.29, 1.82) is 0 Å². The molecule has 2 aliphatic heterocycles. The number of benzene rings is 2. The van der Waals surface area contributed by atoms with Crippen LogP contribution in [-0.2, 0) is 14.8 Å². The number of sulfonamides is 1. The molecule has 0 bridgehead atoms. The molecule has 4 rings (SSSR count). The van der Waals surface area contributed by atoms with Crippen molar-refractivity contribution in [3.05, 3.63) is 48.0 Å². The Bertz CT molecular complexity index is 1110. The van der Waals surface area contributed by atoms with E-state index in [1.165, 1.54) is 29.4 Å². The van der Waals surface area contributed by atoms with Gasteiger partial charge in [0.2, 0.25) is 15.9 Å². The number of nitrogens with one attached hydrogen (secondary N) is 1. The van der Waals surface area contributed by atoms with E-state index in [9.17, 15) is 18.0 Å². The largest absolute Gasteiger partial charge is 0.486 e. The second-order valence-corrected chi connectivity index (χ2v) is 9.19. The molecule has 0 aromatic heterocycles. The van der Waals surface area contributed by atoms with Crippen LogP contribution in [0.25, 0.3) is 0 Å². The zero-order valence-corrected chi connectivity index (χ0v) is 17.9. The molecule has 164 valence electrons. The summed E-state index contributed by atoms with van der Waals surface area (Å²) in [4.78, 5) is 25.8. The van der Waals surface area contributed by atoms with Crippen LogP contribution in [0.4, 0.5) is 5.69 Å². The highest BCUT2D eigenvalue weighted by molar-refractivity contribution is 7.89. The average molecular weight is 445 g/mol. The third kappa shape index (κ3) is 4.49. The maximum Gasteiger partial charge on any atom is 0.255 e. The summed E-state index contributed by atoms with van der Waals surface area (Å²) in [5.74, 6) is 0.650. The van der Waals surface area contributed by atoms with Crippen molar-refractivity contribution < 1.29 is 27.5 Å². The predicted octanol–water partition coefficient (Wildman–Crippen LogP) is 1.56. The van der Waals surface area contributed by atoms with E-state index in [0.717, 1.165) is 0 Å². The molecule has 9 nitrogen and oxygen atoms in total. The van der Waals surface area contributed by atoms with E-state index >= 15 is 0 Å². The summed E-state index contributed by atoms with van der Waals surface area (Å²) in [7, 11) is -3.77. The Labute approximate surface area is 180 Å². The van der Waals surface area contributed by atoms with Gasteiger partial charge in [-0.3, -0.25) is 9.59 Å². The summed E-state index contributed by atoms with van der Waals surface area (Å²) >= 11 is 0. The second kappa shape index (κ2) is 8.56. The lowest BCUT2D eigenvalue weighted by molar-refractivity contribution is -0.129. The van der Waals surface area contributed by atoms with Crippen molar-refractivity contribution in [2.75, 3.05) is 44.7 Å². The van der Waals surface area contributed by atoms with Crippen molar-refractivity contribution >= 4 is 27.5 Å². The van der Waals surface area contributed by atoms with Crippen LogP contribution in [0.1, 0.15) is 17.3 Å². The number of amides is 2. The van der Waals surface area contributed by atoms with Gasteiger partial charge in [-0.15, -0.1) is 0 Å². The first-order valence-corrected chi connectivity index (χ1v) is 11.4. The molecule has 2 aliphatic rings. The number of anilines is 1. The molecule has 0 aliphatic carbocycles. The van der Waals surface area contributed by atoms with E-state index in [1.807, 2.05) is 0 Å². The lowest BCUT2D eigenvalue weighted by Crippen LogP contribution is -2.49. The molecule has 1 fully saturated rings. The van der Waals surface area contributed by atoms with E-state index in [1.54, 1.807) is 29.2 Å². The highest BCUT2D eigenvalue weighted by Crippen LogP contribution is 2.32. The Kier molecular flexibility index (Phi) is 5.84. The number of carbonyl (C=O) groups is 2. The Hall–Kier alpha value is -3.11. The fourth-order valence-corrected chi connectivity index (χ4v) is 4.98. The molecule has 10 heteroatoms. The highest BCUT2D eigenvalue weighted by Gasteiger charge is 2.29. The molecule has 0 spiro atoms. The summed E-state index contributed by atoms with van der Waals surface area (Å²) in [5.41, 5.74) is 0.737. The van der Waals surface area contributed by atoms with Gasteiger partial charge >= 0.3 is 0 Å². The first-order valence-electron chi connectivity index (χ1n) is 9.91. The van der Waals surface area contributed by atoms with Gasteiger partial charge in [0.25, 0.3) is 5.91 Å².